The van der Waals surface area contributed by atoms with E-state index in [9.17, 15) is 0 Å². The largest absolute Gasteiger partial charge is 0.340 e. The highest BCUT2D eigenvalue weighted by Crippen LogP contribution is 2.30. The van der Waals surface area contributed by atoms with Crippen molar-refractivity contribution in [3.63, 3.8) is 0 Å². The maximum atomic E-state index is 3.59. The van der Waals surface area contributed by atoms with Crippen LogP contribution >= 0.6 is 15.9 Å². The summed E-state index contributed by atoms with van der Waals surface area (Å²) in [7, 11) is 0. The minimum absolute atomic E-state index is 0.341. The molecule has 20 heavy (non-hydrogen) atoms. The van der Waals surface area contributed by atoms with E-state index < -0.39 is 0 Å². The van der Waals surface area contributed by atoms with Crippen LogP contribution in [0.15, 0.2) is 59.2 Å². The van der Waals surface area contributed by atoms with E-state index in [1.807, 2.05) is 0 Å². The Labute approximate surface area is 128 Å². The molecule has 0 fully saturated rings. The summed E-state index contributed by atoms with van der Waals surface area (Å²) in [6.45, 7) is 4.48. The Kier molecular flexibility index (Phi) is 3.66. The van der Waals surface area contributed by atoms with Crippen molar-refractivity contribution in [3.8, 4) is 0 Å². The molecular weight excluding hydrogens is 310 g/mol. The average Bonchev–Trinajstić information content (AvgIpc) is 2.85. The lowest BCUT2D eigenvalue weighted by molar-refractivity contribution is 0.662. The first-order chi connectivity index (χ1) is 9.70. The number of hydrogen-bond donors (Lipinski definition) is 0. The minimum atomic E-state index is 0.341. The second-order valence-electron chi connectivity index (χ2n) is 5.16. The van der Waals surface area contributed by atoms with E-state index in [0.29, 0.717) is 6.04 Å². The van der Waals surface area contributed by atoms with Crippen molar-refractivity contribution in [3.05, 3.63) is 70.3 Å². The molecule has 1 nitrogen and oxygen atoms in total. The highest BCUT2D eigenvalue weighted by atomic mass is 79.9. The van der Waals surface area contributed by atoms with Crippen LogP contribution in [0.4, 0.5) is 0 Å². The van der Waals surface area contributed by atoms with Crippen LogP contribution in [0.3, 0.4) is 0 Å². The lowest BCUT2D eigenvalue weighted by Gasteiger charge is -2.16. The van der Waals surface area contributed by atoms with Gasteiger partial charge in [0.1, 0.15) is 0 Å². The zero-order valence-corrected chi connectivity index (χ0v) is 13.4. The fraction of sp³-hybridized carbons (Fsp3) is 0.222. The van der Waals surface area contributed by atoms with Gasteiger partial charge in [-0.2, -0.15) is 0 Å². The van der Waals surface area contributed by atoms with Crippen LogP contribution in [0, 0.1) is 0 Å². The highest BCUT2D eigenvalue weighted by Gasteiger charge is 2.13. The van der Waals surface area contributed by atoms with Crippen molar-refractivity contribution in [2.24, 2.45) is 0 Å². The Morgan fingerprint density at radius 3 is 2.55 bits per heavy atom. The van der Waals surface area contributed by atoms with Gasteiger partial charge in [-0.1, -0.05) is 59.3 Å². The lowest BCUT2D eigenvalue weighted by atomic mass is 10.1. The average molecular weight is 328 g/mol. The third-order valence-corrected chi connectivity index (χ3v) is 4.45. The molecule has 0 saturated heterocycles. The summed E-state index contributed by atoms with van der Waals surface area (Å²) >= 11 is 3.59. The van der Waals surface area contributed by atoms with Crippen LogP contribution in [0.25, 0.3) is 10.9 Å². The SMILES string of the molecule is CCc1cn(C(C)c2ccccc2)c2cc(Br)ccc12. The van der Waals surface area contributed by atoms with E-state index in [2.05, 4.69) is 89.1 Å². The summed E-state index contributed by atoms with van der Waals surface area (Å²) < 4.78 is 3.51. The van der Waals surface area contributed by atoms with Crippen molar-refractivity contribution in [2.75, 3.05) is 0 Å². The summed E-state index contributed by atoms with van der Waals surface area (Å²) in [6, 6.07) is 17.6. The molecule has 102 valence electrons. The molecule has 0 saturated carbocycles. The van der Waals surface area contributed by atoms with E-state index >= 15 is 0 Å². The highest BCUT2D eigenvalue weighted by molar-refractivity contribution is 9.10. The van der Waals surface area contributed by atoms with Crippen molar-refractivity contribution >= 4 is 26.8 Å². The van der Waals surface area contributed by atoms with Gasteiger partial charge in [-0.3, -0.25) is 0 Å². The van der Waals surface area contributed by atoms with Gasteiger partial charge >= 0.3 is 0 Å². The van der Waals surface area contributed by atoms with Crippen LogP contribution in [-0.2, 0) is 6.42 Å². The molecule has 2 heteroatoms. The molecule has 1 aromatic heterocycles. The summed E-state index contributed by atoms with van der Waals surface area (Å²) in [4.78, 5) is 0. The smallest absolute Gasteiger partial charge is 0.0557 e. The van der Waals surface area contributed by atoms with Crippen molar-refractivity contribution < 1.29 is 0 Å². The molecule has 0 N–H and O–H groups in total. The molecule has 1 unspecified atom stereocenters. The number of benzene rings is 2. The number of hydrogen-bond acceptors (Lipinski definition) is 0. The molecule has 2 aromatic carbocycles. The second kappa shape index (κ2) is 5.45. The number of fused-ring (bicyclic) bond motifs is 1. The Morgan fingerprint density at radius 2 is 1.85 bits per heavy atom. The summed E-state index contributed by atoms with van der Waals surface area (Å²) in [5.41, 5.74) is 4.05. The predicted molar refractivity (Wildman–Crippen MR) is 89.3 cm³/mol. The van der Waals surface area contributed by atoms with E-state index in [1.54, 1.807) is 0 Å². The third-order valence-electron chi connectivity index (χ3n) is 3.96. The van der Waals surface area contributed by atoms with E-state index in [4.69, 9.17) is 0 Å². The summed E-state index contributed by atoms with van der Waals surface area (Å²) in [6.07, 6.45) is 3.36. The number of rotatable bonds is 3. The van der Waals surface area contributed by atoms with Crippen LogP contribution in [0.2, 0.25) is 0 Å². The van der Waals surface area contributed by atoms with Crippen LogP contribution in [0.1, 0.15) is 31.0 Å². The second-order valence-corrected chi connectivity index (χ2v) is 6.08. The molecule has 3 aromatic rings. The molecular formula is C18H18BrN. The fourth-order valence-electron chi connectivity index (χ4n) is 2.79. The topological polar surface area (TPSA) is 4.93 Å². The van der Waals surface area contributed by atoms with Crippen molar-refractivity contribution in [1.29, 1.82) is 0 Å². The number of halogens is 1. The zero-order valence-electron chi connectivity index (χ0n) is 11.8. The lowest BCUT2D eigenvalue weighted by Crippen LogP contribution is -2.05. The molecule has 0 aliphatic carbocycles. The summed E-state index contributed by atoms with van der Waals surface area (Å²) in [5.74, 6) is 0. The van der Waals surface area contributed by atoms with Gasteiger partial charge in [-0.05, 0) is 36.6 Å². The number of nitrogens with zero attached hydrogens (tertiary/aromatic N) is 1. The molecule has 1 heterocycles. The Morgan fingerprint density at radius 1 is 1.10 bits per heavy atom. The van der Waals surface area contributed by atoms with Gasteiger partial charge in [-0.15, -0.1) is 0 Å². The fourth-order valence-corrected chi connectivity index (χ4v) is 3.14. The first kappa shape index (κ1) is 13.4. The Bertz CT molecular complexity index is 728. The molecule has 0 amide bonds. The van der Waals surface area contributed by atoms with Gasteiger partial charge in [0.05, 0.1) is 6.04 Å². The van der Waals surface area contributed by atoms with Gasteiger partial charge in [-0.25, -0.2) is 0 Å². The Balaban J connectivity index is 2.18. The van der Waals surface area contributed by atoms with Crippen LogP contribution in [-0.4, -0.2) is 4.57 Å². The standard InChI is InChI=1S/C18H18BrN/c1-3-14-12-20(13(2)15-7-5-4-6-8-15)18-11-16(19)9-10-17(14)18/h4-13H,3H2,1-2H3. The molecule has 0 radical (unpaired) electrons. The molecule has 3 rings (SSSR count). The van der Waals surface area contributed by atoms with E-state index in [-0.39, 0.29) is 0 Å². The van der Waals surface area contributed by atoms with Gasteiger partial charge in [0.15, 0.2) is 0 Å². The summed E-state index contributed by atoms with van der Waals surface area (Å²) in [5, 5.41) is 1.36. The van der Waals surface area contributed by atoms with Crippen LogP contribution in [0.5, 0.6) is 0 Å². The quantitative estimate of drug-likeness (QED) is 0.592. The van der Waals surface area contributed by atoms with Gasteiger partial charge in [0.2, 0.25) is 0 Å². The maximum Gasteiger partial charge on any atom is 0.0557 e. The first-order valence-electron chi connectivity index (χ1n) is 7.04. The first-order valence-corrected chi connectivity index (χ1v) is 7.84. The Hall–Kier alpha value is -1.54. The van der Waals surface area contributed by atoms with Crippen molar-refractivity contribution in [2.45, 2.75) is 26.3 Å². The maximum absolute atomic E-state index is 3.59. The van der Waals surface area contributed by atoms with E-state index in [0.717, 1.165) is 10.9 Å². The normalized spacial score (nSPS) is 12.8. The zero-order chi connectivity index (χ0) is 14.1. The van der Waals surface area contributed by atoms with Crippen molar-refractivity contribution in [1.82, 2.24) is 4.57 Å². The van der Waals surface area contributed by atoms with E-state index in [1.165, 1.54) is 22.0 Å². The number of aryl methyl sites for hydroxylation is 1. The van der Waals surface area contributed by atoms with Crippen LogP contribution < -0.4 is 0 Å². The van der Waals surface area contributed by atoms with Gasteiger partial charge in [0.25, 0.3) is 0 Å². The molecule has 0 aliphatic heterocycles. The minimum Gasteiger partial charge on any atom is -0.340 e. The molecule has 0 aliphatic rings. The predicted octanol–water partition coefficient (Wildman–Crippen LogP) is 5.58. The van der Waals surface area contributed by atoms with Gasteiger partial charge < -0.3 is 4.57 Å². The monoisotopic (exact) mass is 327 g/mol. The molecule has 1 atom stereocenters. The number of aromatic nitrogens is 1. The van der Waals surface area contributed by atoms with Gasteiger partial charge in [0, 0.05) is 21.6 Å². The molecule has 0 spiro atoms. The molecule has 0 bridgehead atoms. The third kappa shape index (κ3) is 2.29.